The van der Waals surface area contributed by atoms with Crippen LogP contribution in [0, 0.1) is 0 Å². The van der Waals surface area contributed by atoms with Gasteiger partial charge in [0.2, 0.25) is 11.8 Å². The third-order valence-corrected chi connectivity index (χ3v) is 19.4. The predicted octanol–water partition coefficient (Wildman–Crippen LogP) is 16.9. The summed E-state index contributed by atoms with van der Waals surface area (Å²) in [4.78, 5) is 44.4. The molecule has 2 aromatic heterocycles. The van der Waals surface area contributed by atoms with Crippen molar-refractivity contribution < 1.29 is 9.59 Å². The van der Waals surface area contributed by atoms with Crippen LogP contribution in [0.1, 0.15) is 80.3 Å². The van der Waals surface area contributed by atoms with Gasteiger partial charge < -0.3 is 9.13 Å². The molecule has 0 N–H and O–H groups in total. The van der Waals surface area contributed by atoms with Crippen molar-refractivity contribution >= 4 is 58.0 Å². The van der Waals surface area contributed by atoms with Crippen molar-refractivity contribution in [2.75, 3.05) is 9.80 Å². The molecule has 414 valence electrons. The van der Waals surface area contributed by atoms with E-state index in [1.54, 1.807) is 0 Å². The molecule has 0 bridgehead atoms. The lowest BCUT2D eigenvalue weighted by molar-refractivity contribution is -0.120. The topological polar surface area (TPSA) is 76.3 Å². The second-order valence-corrected chi connectivity index (χ2v) is 24.1. The van der Waals surface area contributed by atoms with Crippen LogP contribution < -0.4 is 9.80 Å². The first-order valence-corrected chi connectivity index (χ1v) is 29.9. The molecule has 10 aromatic carbocycles. The number of nitrogens with zero attached hydrogens (tertiary/aromatic N) is 6. The highest BCUT2D eigenvalue weighted by molar-refractivity contribution is 6.31. The summed E-state index contributed by atoms with van der Waals surface area (Å²) in [5.41, 5.74) is 10.9. The third kappa shape index (κ3) is 7.62. The number of para-hydroxylation sites is 2. The SMILES string of the molecule is O=C1N(c2cn(C(c3ccccc3)(c3ccccc3)c3ccc(-c4cccc(C(c5ccccc5)(c5ccccc5)n5cnc(N6C(=O)C7(CC7c7ccc(Cl)cc7)c7ccccc76)c5)c4)cc3)cn2)c2ccccc2C12CC2c1ccc(Cl)cc1. The molecule has 2 aliphatic heterocycles. The molecular formula is C76H54Cl2N6O2. The Morgan fingerprint density at radius 1 is 0.372 bits per heavy atom. The molecule has 2 spiro atoms. The Labute approximate surface area is 508 Å². The molecular weight excluding hydrogens is 1100 g/mol. The molecule has 0 saturated heterocycles. The summed E-state index contributed by atoms with van der Waals surface area (Å²) in [6.45, 7) is 0. The van der Waals surface area contributed by atoms with Crippen molar-refractivity contribution in [3.05, 3.63) is 358 Å². The largest absolute Gasteiger partial charge is 0.317 e. The first-order chi connectivity index (χ1) is 42.2. The monoisotopic (exact) mass is 1150 g/mol. The summed E-state index contributed by atoms with van der Waals surface area (Å²) in [7, 11) is 0. The van der Waals surface area contributed by atoms with Gasteiger partial charge in [0, 0.05) is 21.9 Å². The van der Waals surface area contributed by atoms with Crippen LogP contribution >= 0.6 is 23.2 Å². The fourth-order valence-corrected chi connectivity index (χ4v) is 15.1. The zero-order valence-electron chi connectivity index (χ0n) is 46.5. The molecule has 4 unspecified atom stereocenters. The van der Waals surface area contributed by atoms with Crippen molar-refractivity contribution in [3.8, 4) is 11.1 Å². The summed E-state index contributed by atoms with van der Waals surface area (Å²) < 4.78 is 4.36. The van der Waals surface area contributed by atoms with E-state index >= 15 is 9.59 Å². The third-order valence-electron chi connectivity index (χ3n) is 18.9. The van der Waals surface area contributed by atoms with E-state index in [-0.39, 0.29) is 23.7 Å². The minimum atomic E-state index is -0.947. The molecule has 4 heterocycles. The Morgan fingerprint density at radius 2 is 0.733 bits per heavy atom. The van der Waals surface area contributed by atoms with Gasteiger partial charge in [0.15, 0.2) is 11.6 Å². The summed E-state index contributed by atoms with van der Waals surface area (Å²) in [6.07, 6.45) is 9.27. The molecule has 86 heavy (non-hydrogen) atoms. The second-order valence-electron chi connectivity index (χ2n) is 23.2. The standard InChI is InChI=1S/C76H54Cl2N6O2/c77-61-40-34-52(35-41-61)65-45-73(65)63-28-13-15-30-67(63)83(71(73)85)69-47-81(49-79-69)75(55-19-5-1-6-20-55,56-21-7-2-8-22-56)59-38-32-51(33-39-59)54-18-17-27-60(44-54)76(57-23-9-3-10-24-57,58-25-11-4-12-26-58)82-48-70(80-50-82)84-68-31-16-14-29-64(68)74(72(84)86)46-66(74)53-36-42-62(78)43-37-53/h1-44,47-50,65-66H,45-46H2. The van der Waals surface area contributed by atoms with Crippen molar-refractivity contribution in [1.29, 1.82) is 0 Å². The van der Waals surface area contributed by atoms with Gasteiger partial charge >= 0.3 is 0 Å². The molecule has 8 nitrogen and oxygen atoms in total. The second kappa shape index (κ2) is 19.9. The predicted molar refractivity (Wildman–Crippen MR) is 341 cm³/mol. The Bertz CT molecular complexity index is 4490. The van der Waals surface area contributed by atoms with Gasteiger partial charge in [-0.15, -0.1) is 0 Å². The molecule has 0 radical (unpaired) electrons. The van der Waals surface area contributed by atoms with E-state index in [1.165, 1.54) is 0 Å². The summed E-state index contributed by atoms with van der Waals surface area (Å²) >= 11 is 12.7. The summed E-state index contributed by atoms with van der Waals surface area (Å²) in [6, 6.07) is 92.1. The number of carbonyl (C=O) groups is 2. The average molecular weight is 1150 g/mol. The number of rotatable bonds is 13. The zero-order chi connectivity index (χ0) is 57.8. The first kappa shape index (κ1) is 51.8. The highest BCUT2D eigenvalue weighted by Gasteiger charge is 2.69. The van der Waals surface area contributed by atoms with Gasteiger partial charge in [0.05, 0.1) is 47.3 Å². The number of benzene rings is 10. The number of halogens is 2. The van der Waals surface area contributed by atoms with Crippen LogP contribution in [0.4, 0.5) is 23.0 Å². The van der Waals surface area contributed by atoms with Gasteiger partial charge in [-0.2, -0.15) is 0 Å². The van der Waals surface area contributed by atoms with E-state index < -0.39 is 21.9 Å². The van der Waals surface area contributed by atoms with Gasteiger partial charge in [-0.25, -0.2) is 9.97 Å². The van der Waals surface area contributed by atoms with Gasteiger partial charge in [0.1, 0.15) is 11.1 Å². The molecule has 4 aliphatic rings. The number of fused-ring (bicyclic) bond motifs is 4. The molecule has 16 rings (SSSR count). The van der Waals surface area contributed by atoms with Crippen molar-refractivity contribution in [3.63, 3.8) is 0 Å². The summed E-state index contributed by atoms with van der Waals surface area (Å²) in [5, 5.41) is 1.34. The Hall–Kier alpha value is -9.86. The average Bonchev–Trinajstić information content (AvgIpc) is 1.51. The van der Waals surface area contributed by atoms with Crippen LogP contribution in [-0.4, -0.2) is 30.9 Å². The van der Waals surface area contributed by atoms with Crippen molar-refractivity contribution in [2.45, 2.75) is 46.6 Å². The Balaban J connectivity index is 0.799. The molecule has 2 amide bonds. The number of imidazole rings is 2. The lowest BCUT2D eigenvalue weighted by Crippen LogP contribution is -2.37. The van der Waals surface area contributed by atoms with Gasteiger partial charge in [-0.1, -0.05) is 248 Å². The fraction of sp³-hybridized carbons (Fsp3) is 0.105. The van der Waals surface area contributed by atoms with Gasteiger partial charge in [0.25, 0.3) is 0 Å². The van der Waals surface area contributed by atoms with E-state index in [9.17, 15) is 0 Å². The van der Waals surface area contributed by atoms with E-state index in [1.807, 2.05) is 144 Å². The van der Waals surface area contributed by atoms with E-state index in [0.717, 1.165) is 78.1 Å². The zero-order valence-corrected chi connectivity index (χ0v) is 48.0. The maximum Gasteiger partial charge on any atom is 0.244 e. The highest BCUT2D eigenvalue weighted by Crippen LogP contribution is 2.68. The number of hydrogen-bond donors (Lipinski definition) is 0. The van der Waals surface area contributed by atoms with Crippen LogP contribution in [0.3, 0.4) is 0 Å². The first-order valence-electron chi connectivity index (χ1n) is 29.2. The van der Waals surface area contributed by atoms with Crippen LogP contribution in [-0.2, 0) is 31.5 Å². The van der Waals surface area contributed by atoms with Gasteiger partial charge in [-0.3, -0.25) is 19.4 Å². The molecule has 10 heteroatoms. The lowest BCUT2D eigenvalue weighted by Gasteiger charge is -2.38. The molecule has 2 aliphatic carbocycles. The van der Waals surface area contributed by atoms with Crippen LogP contribution in [0.5, 0.6) is 0 Å². The van der Waals surface area contributed by atoms with Crippen LogP contribution in [0.2, 0.25) is 10.0 Å². The van der Waals surface area contributed by atoms with Crippen molar-refractivity contribution in [1.82, 2.24) is 19.1 Å². The van der Waals surface area contributed by atoms with Crippen LogP contribution in [0.25, 0.3) is 11.1 Å². The van der Waals surface area contributed by atoms with E-state index in [4.69, 9.17) is 33.2 Å². The minimum Gasteiger partial charge on any atom is -0.317 e. The van der Waals surface area contributed by atoms with E-state index in [2.05, 4.69) is 167 Å². The molecule has 2 saturated carbocycles. The van der Waals surface area contributed by atoms with Gasteiger partial charge in [-0.05, 0) is 122 Å². The minimum absolute atomic E-state index is 0.0215. The quantitative estimate of drug-likeness (QED) is 0.108. The molecule has 4 atom stereocenters. The Morgan fingerprint density at radius 3 is 1.15 bits per heavy atom. The Kier molecular flexibility index (Phi) is 12.0. The van der Waals surface area contributed by atoms with Crippen LogP contribution in [0.15, 0.2) is 292 Å². The number of hydrogen-bond acceptors (Lipinski definition) is 4. The number of aromatic nitrogens is 4. The number of anilines is 4. The maximum absolute atomic E-state index is 15.2. The molecule has 12 aromatic rings. The smallest absolute Gasteiger partial charge is 0.244 e. The van der Waals surface area contributed by atoms with E-state index in [0.29, 0.717) is 34.5 Å². The summed E-state index contributed by atoms with van der Waals surface area (Å²) in [5.74, 6) is 1.21. The number of amides is 2. The fourth-order valence-electron chi connectivity index (χ4n) is 14.8. The molecule has 2 fully saturated rings. The van der Waals surface area contributed by atoms with Crippen molar-refractivity contribution in [2.24, 2.45) is 0 Å². The normalized spacial score (nSPS) is 19.3. The number of carbonyl (C=O) groups excluding carboxylic acids is 2. The lowest BCUT2D eigenvalue weighted by atomic mass is 9.75. The highest BCUT2D eigenvalue weighted by atomic mass is 35.5. The maximum atomic E-state index is 15.2.